The second kappa shape index (κ2) is 5.67. The third kappa shape index (κ3) is 3.30. The van der Waals surface area contributed by atoms with Gasteiger partial charge in [0, 0.05) is 10.7 Å². The standard InChI is InChI=1S/C13H10ClF2NOS/c14-9-2-4-13(12(17)6-9)19(18)7-8-1-3-10(15)11(16)5-8/h1-6H,7,17H2. The molecule has 2 nitrogen and oxygen atoms in total. The van der Waals surface area contributed by atoms with E-state index in [0.29, 0.717) is 21.2 Å². The fourth-order valence-corrected chi connectivity index (χ4v) is 2.95. The summed E-state index contributed by atoms with van der Waals surface area (Å²) in [7, 11) is -1.44. The Morgan fingerprint density at radius 2 is 1.84 bits per heavy atom. The van der Waals surface area contributed by atoms with E-state index in [9.17, 15) is 13.0 Å². The van der Waals surface area contributed by atoms with E-state index in [1.54, 1.807) is 12.1 Å². The molecule has 0 saturated heterocycles. The molecular weight excluding hydrogens is 292 g/mol. The molecule has 100 valence electrons. The largest absolute Gasteiger partial charge is 0.398 e. The summed E-state index contributed by atoms with van der Waals surface area (Å²) in [4.78, 5) is 0.425. The van der Waals surface area contributed by atoms with Crippen LogP contribution in [0.25, 0.3) is 0 Å². The Labute approximate surface area is 116 Å². The van der Waals surface area contributed by atoms with Gasteiger partial charge in [-0.25, -0.2) is 8.78 Å². The van der Waals surface area contributed by atoms with Gasteiger partial charge in [0.25, 0.3) is 0 Å². The molecule has 0 aliphatic rings. The Balaban J connectivity index is 2.23. The van der Waals surface area contributed by atoms with Crippen molar-refractivity contribution in [1.82, 2.24) is 0 Å². The van der Waals surface area contributed by atoms with Gasteiger partial charge < -0.3 is 5.73 Å². The van der Waals surface area contributed by atoms with Crippen molar-refractivity contribution in [2.45, 2.75) is 10.6 Å². The molecule has 0 saturated carbocycles. The molecule has 0 aromatic heterocycles. The van der Waals surface area contributed by atoms with E-state index in [1.165, 1.54) is 12.1 Å². The highest BCUT2D eigenvalue weighted by Gasteiger charge is 2.11. The van der Waals surface area contributed by atoms with Crippen LogP contribution in [-0.2, 0) is 16.6 Å². The molecule has 0 aliphatic carbocycles. The van der Waals surface area contributed by atoms with E-state index < -0.39 is 22.4 Å². The van der Waals surface area contributed by atoms with Crippen LogP contribution < -0.4 is 5.73 Å². The van der Waals surface area contributed by atoms with Gasteiger partial charge in [-0.1, -0.05) is 17.7 Å². The van der Waals surface area contributed by atoms with Gasteiger partial charge in [0.05, 0.1) is 21.4 Å². The minimum atomic E-state index is -1.44. The van der Waals surface area contributed by atoms with Gasteiger partial charge in [-0.2, -0.15) is 0 Å². The van der Waals surface area contributed by atoms with Crippen LogP contribution in [0.15, 0.2) is 41.3 Å². The topological polar surface area (TPSA) is 43.1 Å². The summed E-state index contributed by atoms with van der Waals surface area (Å²) in [6.45, 7) is 0. The van der Waals surface area contributed by atoms with Crippen molar-refractivity contribution in [3.63, 3.8) is 0 Å². The van der Waals surface area contributed by atoms with Gasteiger partial charge in [0.1, 0.15) is 0 Å². The van der Waals surface area contributed by atoms with Crippen LogP contribution in [0.4, 0.5) is 14.5 Å². The molecular formula is C13H10ClF2NOS. The predicted octanol–water partition coefficient (Wildman–Crippen LogP) is 3.51. The van der Waals surface area contributed by atoms with E-state index >= 15 is 0 Å². The van der Waals surface area contributed by atoms with Gasteiger partial charge in [-0.15, -0.1) is 0 Å². The smallest absolute Gasteiger partial charge is 0.159 e. The Hall–Kier alpha value is -1.46. The summed E-state index contributed by atoms with van der Waals surface area (Å²) in [5.41, 5.74) is 6.47. The van der Waals surface area contributed by atoms with Crippen molar-refractivity contribution >= 4 is 28.1 Å². The highest BCUT2D eigenvalue weighted by atomic mass is 35.5. The Morgan fingerprint density at radius 3 is 2.47 bits per heavy atom. The minimum absolute atomic E-state index is 0.0586. The molecule has 0 amide bonds. The zero-order valence-electron chi connectivity index (χ0n) is 9.70. The number of nitrogen functional groups attached to an aromatic ring is 1. The van der Waals surface area contributed by atoms with Crippen LogP contribution in [0.3, 0.4) is 0 Å². The SMILES string of the molecule is Nc1cc(Cl)ccc1S(=O)Cc1ccc(F)c(F)c1. The Morgan fingerprint density at radius 1 is 1.11 bits per heavy atom. The van der Waals surface area contributed by atoms with Gasteiger partial charge in [0.15, 0.2) is 11.6 Å². The molecule has 19 heavy (non-hydrogen) atoms. The van der Waals surface area contributed by atoms with Gasteiger partial charge in [0.2, 0.25) is 0 Å². The number of anilines is 1. The molecule has 0 aliphatic heterocycles. The second-order valence-corrected chi connectivity index (χ2v) is 5.78. The number of nitrogens with two attached hydrogens (primary N) is 1. The molecule has 2 rings (SSSR count). The normalized spacial score (nSPS) is 12.4. The van der Waals surface area contributed by atoms with Crippen molar-refractivity contribution in [2.24, 2.45) is 0 Å². The molecule has 1 unspecified atom stereocenters. The fraction of sp³-hybridized carbons (Fsp3) is 0.0769. The summed E-state index contributed by atoms with van der Waals surface area (Å²) in [5.74, 6) is -1.83. The predicted molar refractivity (Wildman–Crippen MR) is 72.3 cm³/mol. The number of hydrogen-bond acceptors (Lipinski definition) is 2. The van der Waals surface area contributed by atoms with Crippen molar-refractivity contribution in [2.75, 3.05) is 5.73 Å². The number of rotatable bonds is 3. The molecule has 2 aromatic carbocycles. The quantitative estimate of drug-likeness (QED) is 0.882. The average Bonchev–Trinajstić information content (AvgIpc) is 2.33. The van der Waals surface area contributed by atoms with Crippen LogP contribution in [0.1, 0.15) is 5.56 Å². The molecule has 1 atom stereocenters. The zero-order chi connectivity index (χ0) is 14.0. The fourth-order valence-electron chi connectivity index (χ4n) is 1.59. The Kier molecular flexibility index (Phi) is 4.17. The lowest BCUT2D eigenvalue weighted by Gasteiger charge is -2.06. The lowest BCUT2D eigenvalue weighted by molar-refractivity contribution is 0.507. The third-order valence-corrected chi connectivity index (χ3v) is 4.19. The third-order valence-electron chi connectivity index (χ3n) is 2.50. The lowest BCUT2D eigenvalue weighted by atomic mass is 10.2. The molecule has 0 fully saturated rings. The first-order valence-electron chi connectivity index (χ1n) is 5.34. The molecule has 0 spiro atoms. The summed E-state index contributed by atoms with van der Waals surface area (Å²) in [6, 6.07) is 8.07. The molecule has 0 radical (unpaired) electrons. The first-order valence-corrected chi connectivity index (χ1v) is 7.04. The van der Waals surface area contributed by atoms with Crippen molar-refractivity contribution < 1.29 is 13.0 Å². The van der Waals surface area contributed by atoms with Crippen LogP contribution in [0.5, 0.6) is 0 Å². The van der Waals surface area contributed by atoms with E-state index in [-0.39, 0.29) is 5.75 Å². The second-order valence-electron chi connectivity index (χ2n) is 3.92. The Bertz CT molecular complexity index is 649. The molecule has 2 N–H and O–H groups in total. The first-order chi connectivity index (χ1) is 8.97. The van der Waals surface area contributed by atoms with Crippen molar-refractivity contribution in [3.8, 4) is 0 Å². The average molecular weight is 302 g/mol. The lowest BCUT2D eigenvalue weighted by Crippen LogP contribution is -2.01. The van der Waals surface area contributed by atoms with Crippen molar-refractivity contribution in [3.05, 3.63) is 58.6 Å². The highest BCUT2D eigenvalue weighted by Crippen LogP contribution is 2.23. The summed E-state index contributed by atoms with van der Waals surface area (Å²) < 4.78 is 37.9. The van der Waals surface area contributed by atoms with Crippen molar-refractivity contribution in [1.29, 1.82) is 0 Å². The molecule has 2 aromatic rings. The van der Waals surface area contributed by atoms with Crippen LogP contribution in [0.2, 0.25) is 5.02 Å². The molecule has 0 bridgehead atoms. The molecule has 0 heterocycles. The maximum atomic E-state index is 13.0. The minimum Gasteiger partial charge on any atom is -0.398 e. The van der Waals surface area contributed by atoms with E-state index in [4.69, 9.17) is 17.3 Å². The van der Waals surface area contributed by atoms with Gasteiger partial charge in [-0.05, 0) is 35.9 Å². The maximum Gasteiger partial charge on any atom is 0.159 e. The number of halogens is 3. The van der Waals surface area contributed by atoms with Crippen LogP contribution >= 0.6 is 11.6 Å². The van der Waals surface area contributed by atoms with Gasteiger partial charge in [-0.3, -0.25) is 4.21 Å². The summed E-state index contributed by atoms with van der Waals surface area (Å²) >= 11 is 5.75. The maximum absolute atomic E-state index is 13.0. The van der Waals surface area contributed by atoms with E-state index in [1.807, 2.05) is 0 Å². The summed E-state index contributed by atoms with van der Waals surface area (Å²) in [5, 5.41) is 0.450. The zero-order valence-corrected chi connectivity index (χ0v) is 11.3. The monoisotopic (exact) mass is 301 g/mol. The molecule has 6 heteroatoms. The van der Waals surface area contributed by atoms with Crippen LogP contribution in [-0.4, -0.2) is 4.21 Å². The van der Waals surface area contributed by atoms with E-state index in [2.05, 4.69) is 0 Å². The highest BCUT2D eigenvalue weighted by molar-refractivity contribution is 7.84. The number of benzene rings is 2. The summed E-state index contributed by atoms with van der Waals surface area (Å²) in [6.07, 6.45) is 0. The van der Waals surface area contributed by atoms with E-state index in [0.717, 1.165) is 12.1 Å². The van der Waals surface area contributed by atoms with Gasteiger partial charge >= 0.3 is 0 Å². The first kappa shape index (κ1) is 14.0. The number of hydrogen-bond donors (Lipinski definition) is 1. The van der Waals surface area contributed by atoms with Crippen LogP contribution in [0, 0.1) is 11.6 Å².